The molecule has 142 valence electrons. The second-order valence-corrected chi connectivity index (χ2v) is 8.60. The number of hydrogen-bond donors (Lipinski definition) is 2. The van der Waals surface area contributed by atoms with E-state index in [1.807, 2.05) is 0 Å². The zero-order valence-electron chi connectivity index (χ0n) is 14.6. The Morgan fingerprint density at radius 1 is 1.36 bits per heavy atom. The van der Waals surface area contributed by atoms with Crippen LogP contribution in [0.3, 0.4) is 0 Å². The number of furan rings is 1. The summed E-state index contributed by atoms with van der Waals surface area (Å²) >= 11 is 0. The van der Waals surface area contributed by atoms with Crippen LogP contribution in [0.1, 0.15) is 42.5 Å². The molecule has 2 N–H and O–H groups in total. The molecule has 0 bridgehead atoms. The molecule has 3 heterocycles. The molecule has 2 saturated heterocycles. The molecule has 0 radical (unpaired) electrons. The summed E-state index contributed by atoms with van der Waals surface area (Å²) in [7, 11) is -3.58. The molecule has 2 atom stereocenters. The Hall–Kier alpha value is -1.09. The van der Waals surface area contributed by atoms with Crippen molar-refractivity contribution in [2.75, 3.05) is 26.2 Å². The molecule has 1 aromatic heterocycles. The summed E-state index contributed by atoms with van der Waals surface area (Å²) in [5.41, 5.74) is 0. The van der Waals surface area contributed by atoms with E-state index >= 15 is 0 Å². The predicted molar refractivity (Wildman–Crippen MR) is 96.6 cm³/mol. The summed E-state index contributed by atoms with van der Waals surface area (Å²) in [6.07, 6.45) is 2.60. The number of nitrogens with zero attached hydrogens (tertiary/aromatic N) is 1. The molecular formula is C16H26ClN3O4S. The predicted octanol–water partition coefficient (Wildman–Crippen LogP) is 1.52. The first-order valence-electron chi connectivity index (χ1n) is 8.52. The van der Waals surface area contributed by atoms with E-state index in [0.29, 0.717) is 19.0 Å². The highest BCUT2D eigenvalue weighted by Gasteiger charge is 2.32. The zero-order chi connectivity index (χ0) is 17.3. The van der Waals surface area contributed by atoms with Crippen LogP contribution in [0.5, 0.6) is 0 Å². The van der Waals surface area contributed by atoms with Crippen LogP contribution in [0, 0.1) is 12.8 Å². The number of carbonyl (C=O) groups excluding carboxylic acids is 1. The average molecular weight is 392 g/mol. The zero-order valence-corrected chi connectivity index (χ0v) is 16.2. The minimum Gasteiger partial charge on any atom is -0.455 e. The third kappa shape index (κ3) is 4.19. The molecule has 0 aliphatic carbocycles. The van der Waals surface area contributed by atoms with Gasteiger partial charge < -0.3 is 15.1 Å². The molecule has 2 unspecified atom stereocenters. The summed E-state index contributed by atoms with van der Waals surface area (Å²) in [5, 5.41) is 6.25. The van der Waals surface area contributed by atoms with Gasteiger partial charge in [0.1, 0.15) is 10.7 Å². The van der Waals surface area contributed by atoms with Crippen LogP contribution in [0.4, 0.5) is 0 Å². The number of rotatable bonds is 4. The van der Waals surface area contributed by atoms with Gasteiger partial charge >= 0.3 is 0 Å². The molecule has 0 aromatic carbocycles. The highest BCUT2D eigenvalue weighted by Crippen LogP contribution is 2.26. The highest BCUT2D eigenvalue weighted by atomic mass is 35.5. The van der Waals surface area contributed by atoms with Crippen LogP contribution in [-0.2, 0) is 10.0 Å². The van der Waals surface area contributed by atoms with Crippen molar-refractivity contribution in [3.05, 3.63) is 17.6 Å². The summed E-state index contributed by atoms with van der Waals surface area (Å²) < 4.78 is 32.2. The number of carbonyl (C=O) groups is 1. The fourth-order valence-corrected chi connectivity index (χ4v) is 5.05. The van der Waals surface area contributed by atoms with Crippen molar-refractivity contribution in [1.82, 2.24) is 14.9 Å². The van der Waals surface area contributed by atoms with E-state index in [1.54, 1.807) is 6.92 Å². The van der Waals surface area contributed by atoms with Gasteiger partial charge in [-0.05, 0) is 45.2 Å². The summed E-state index contributed by atoms with van der Waals surface area (Å²) in [6.45, 7) is 6.45. The largest absolute Gasteiger partial charge is 0.455 e. The molecule has 1 amide bonds. The highest BCUT2D eigenvalue weighted by molar-refractivity contribution is 7.89. The van der Waals surface area contributed by atoms with E-state index in [0.717, 1.165) is 32.4 Å². The molecule has 2 aliphatic heterocycles. The van der Waals surface area contributed by atoms with Crippen LogP contribution < -0.4 is 10.6 Å². The number of aryl methyl sites for hydroxylation is 1. The Morgan fingerprint density at radius 3 is 2.68 bits per heavy atom. The maximum Gasteiger partial charge on any atom is 0.287 e. The van der Waals surface area contributed by atoms with Gasteiger partial charge in [0.2, 0.25) is 10.0 Å². The fraction of sp³-hybridized carbons (Fsp3) is 0.688. The lowest BCUT2D eigenvalue weighted by Gasteiger charge is -2.29. The fourth-order valence-electron chi connectivity index (χ4n) is 3.37. The average Bonchev–Trinajstić information content (AvgIpc) is 3.19. The number of hydrogen-bond acceptors (Lipinski definition) is 5. The van der Waals surface area contributed by atoms with Crippen LogP contribution in [0.15, 0.2) is 15.4 Å². The Bertz CT molecular complexity index is 713. The van der Waals surface area contributed by atoms with Gasteiger partial charge in [-0.2, -0.15) is 4.31 Å². The van der Waals surface area contributed by atoms with E-state index in [1.165, 1.54) is 10.4 Å². The second-order valence-electron chi connectivity index (χ2n) is 6.69. The van der Waals surface area contributed by atoms with Gasteiger partial charge in [0, 0.05) is 25.2 Å². The lowest BCUT2D eigenvalue weighted by atomic mass is 9.95. The van der Waals surface area contributed by atoms with E-state index in [4.69, 9.17) is 4.42 Å². The quantitative estimate of drug-likeness (QED) is 0.811. The normalized spacial score (nSPS) is 24.7. The van der Waals surface area contributed by atoms with Gasteiger partial charge in [-0.25, -0.2) is 8.42 Å². The molecule has 1 aromatic rings. The third-order valence-corrected chi connectivity index (χ3v) is 6.89. The Kier molecular flexibility index (Phi) is 6.53. The van der Waals surface area contributed by atoms with Gasteiger partial charge in [0.05, 0.1) is 0 Å². The van der Waals surface area contributed by atoms with E-state index in [9.17, 15) is 13.2 Å². The van der Waals surface area contributed by atoms with Crippen molar-refractivity contribution in [3.63, 3.8) is 0 Å². The van der Waals surface area contributed by atoms with Gasteiger partial charge in [-0.15, -0.1) is 12.4 Å². The first-order chi connectivity index (χ1) is 11.4. The van der Waals surface area contributed by atoms with Crippen LogP contribution >= 0.6 is 12.4 Å². The molecule has 9 heteroatoms. The summed E-state index contributed by atoms with van der Waals surface area (Å²) in [6, 6.07) is 1.44. The van der Waals surface area contributed by atoms with Crippen LogP contribution in [0.2, 0.25) is 0 Å². The molecular weight excluding hydrogens is 366 g/mol. The monoisotopic (exact) mass is 391 g/mol. The van der Waals surface area contributed by atoms with E-state index < -0.39 is 10.0 Å². The number of amides is 1. The van der Waals surface area contributed by atoms with Crippen molar-refractivity contribution in [3.8, 4) is 0 Å². The smallest absolute Gasteiger partial charge is 0.287 e. The third-order valence-electron chi connectivity index (χ3n) is 4.88. The van der Waals surface area contributed by atoms with E-state index in [-0.39, 0.29) is 40.8 Å². The minimum absolute atomic E-state index is 0. The maximum absolute atomic E-state index is 12.7. The summed E-state index contributed by atoms with van der Waals surface area (Å²) in [5.74, 6) is 0.313. The lowest BCUT2D eigenvalue weighted by molar-refractivity contribution is 0.0884. The molecule has 2 aliphatic rings. The van der Waals surface area contributed by atoms with Crippen molar-refractivity contribution < 1.29 is 17.6 Å². The Balaban J connectivity index is 0.00000225. The standard InChI is InChI=1S/C16H25N3O4S.ClH/c1-11-10-17-6-5-13(11)18-16(20)14-9-15(12(2)23-14)24(21,22)19-7-3-4-8-19;/h9,11,13,17H,3-8,10H2,1-2H3,(H,18,20);1H. The molecule has 3 rings (SSSR count). The minimum atomic E-state index is -3.58. The Labute approximate surface area is 155 Å². The molecule has 25 heavy (non-hydrogen) atoms. The van der Waals surface area contributed by atoms with Crippen molar-refractivity contribution in [1.29, 1.82) is 0 Å². The number of halogens is 1. The van der Waals surface area contributed by atoms with Crippen molar-refractivity contribution in [2.45, 2.75) is 44.0 Å². The molecule has 7 nitrogen and oxygen atoms in total. The van der Waals surface area contributed by atoms with Crippen LogP contribution in [0.25, 0.3) is 0 Å². The number of sulfonamides is 1. The molecule has 0 saturated carbocycles. The SMILES string of the molecule is Cc1oc(C(=O)NC2CCNCC2C)cc1S(=O)(=O)N1CCCC1.Cl. The lowest BCUT2D eigenvalue weighted by Crippen LogP contribution is -2.48. The van der Waals surface area contributed by atoms with Gasteiger partial charge in [-0.3, -0.25) is 4.79 Å². The molecule has 0 spiro atoms. The number of nitrogens with one attached hydrogen (secondary N) is 2. The Morgan fingerprint density at radius 2 is 2.04 bits per heavy atom. The summed E-state index contributed by atoms with van der Waals surface area (Å²) in [4.78, 5) is 12.5. The van der Waals surface area contributed by atoms with Crippen LogP contribution in [-0.4, -0.2) is 50.9 Å². The first-order valence-corrected chi connectivity index (χ1v) is 9.96. The van der Waals surface area contributed by atoms with Crippen molar-refractivity contribution in [2.24, 2.45) is 5.92 Å². The maximum atomic E-state index is 12.7. The van der Waals surface area contributed by atoms with Gasteiger partial charge in [0.15, 0.2) is 5.76 Å². The second kappa shape index (κ2) is 8.07. The van der Waals surface area contributed by atoms with Crippen molar-refractivity contribution >= 4 is 28.3 Å². The number of piperidine rings is 1. The van der Waals surface area contributed by atoms with E-state index in [2.05, 4.69) is 17.6 Å². The molecule has 2 fully saturated rings. The van der Waals surface area contributed by atoms with Gasteiger partial charge in [-0.1, -0.05) is 6.92 Å². The topological polar surface area (TPSA) is 91.6 Å². The first kappa shape index (κ1) is 20.2. The van der Waals surface area contributed by atoms with Gasteiger partial charge in [0.25, 0.3) is 5.91 Å².